The molecule has 0 unspecified atom stereocenters. The first-order valence-electron chi connectivity index (χ1n) is 9.80. The van der Waals surface area contributed by atoms with E-state index in [1.807, 2.05) is 66.7 Å². The Kier molecular flexibility index (Phi) is 5.47. The van der Waals surface area contributed by atoms with Crippen LogP contribution in [0.3, 0.4) is 0 Å². The Morgan fingerprint density at radius 1 is 1.07 bits per heavy atom. The molecule has 1 aliphatic carbocycles. The molecule has 3 aromatic rings. The molecule has 1 amide bonds. The highest BCUT2D eigenvalue weighted by Gasteiger charge is 2.33. The van der Waals surface area contributed by atoms with Crippen LogP contribution in [0.4, 0.5) is 0 Å². The molecular formula is C24H25NO3. The van der Waals surface area contributed by atoms with Gasteiger partial charge in [0, 0.05) is 18.4 Å². The third-order valence-corrected chi connectivity index (χ3v) is 5.20. The lowest BCUT2D eigenvalue weighted by molar-refractivity contribution is -0.122. The predicted molar refractivity (Wildman–Crippen MR) is 109 cm³/mol. The minimum atomic E-state index is 0.0605. The van der Waals surface area contributed by atoms with Crippen LogP contribution in [0.25, 0.3) is 11.3 Å². The molecule has 1 heterocycles. The number of rotatable bonds is 8. The largest absolute Gasteiger partial charge is 0.497 e. The Hall–Kier alpha value is -3.01. The molecule has 4 heteroatoms. The smallest absolute Gasteiger partial charge is 0.220 e. The molecule has 0 bridgehead atoms. The van der Waals surface area contributed by atoms with Crippen LogP contribution in [0.15, 0.2) is 71.1 Å². The van der Waals surface area contributed by atoms with Crippen molar-refractivity contribution >= 4 is 5.91 Å². The second-order valence-electron chi connectivity index (χ2n) is 7.29. The molecule has 2 aromatic carbocycles. The molecule has 0 aliphatic heterocycles. The van der Waals surface area contributed by atoms with Crippen molar-refractivity contribution in [2.75, 3.05) is 7.11 Å². The van der Waals surface area contributed by atoms with E-state index < -0.39 is 0 Å². The van der Waals surface area contributed by atoms with Crippen LogP contribution < -0.4 is 10.1 Å². The van der Waals surface area contributed by atoms with Crippen LogP contribution in [0.1, 0.15) is 36.6 Å². The molecule has 0 radical (unpaired) electrons. The number of benzene rings is 2. The van der Waals surface area contributed by atoms with Crippen molar-refractivity contribution in [3.8, 4) is 17.1 Å². The number of carbonyl (C=O) groups is 1. The van der Waals surface area contributed by atoms with Crippen LogP contribution in [-0.4, -0.2) is 13.0 Å². The molecule has 1 aromatic heterocycles. The number of carbonyl (C=O) groups excluding carboxylic acids is 1. The van der Waals surface area contributed by atoms with Gasteiger partial charge in [0.2, 0.25) is 5.91 Å². The zero-order valence-electron chi connectivity index (χ0n) is 16.1. The molecule has 28 heavy (non-hydrogen) atoms. The molecule has 4 nitrogen and oxygen atoms in total. The summed E-state index contributed by atoms with van der Waals surface area (Å²) in [7, 11) is 1.66. The Bertz CT molecular complexity index is 911. The number of hydrogen-bond acceptors (Lipinski definition) is 3. The fraction of sp³-hybridized carbons (Fsp3) is 0.292. The first kappa shape index (κ1) is 18.4. The topological polar surface area (TPSA) is 51.5 Å². The summed E-state index contributed by atoms with van der Waals surface area (Å²) in [5.74, 6) is 3.10. The highest BCUT2D eigenvalue weighted by molar-refractivity contribution is 5.76. The van der Waals surface area contributed by atoms with Crippen molar-refractivity contribution in [1.29, 1.82) is 0 Å². The highest BCUT2D eigenvalue weighted by atomic mass is 16.5. The first-order chi connectivity index (χ1) is 13.7. The normalized spacial score (nSPS) is 14.5. The second-order valence-corrected chi connectivity index (χ2v) is 7.29. The van der Waals surface area contributed by atoms with Gasteiger partial charge in [-0.05, 0) is 48.6 Å². The van der Waals surface area contributed by atoms with Gasteiger partial charge in [0.1, 0.15) is 17.3 Å². The van der Waals surface area contributed by atoms with Gasteiger partial charge in [-0.1, -0.05) is 42.5 Å². The van der Waals surface area contributed by atoms with Crippen molar-refractivity contribution in [3.05, 3.63) is 78.1 Å². The van der Waals surface area contributed by atoms with Crippen LogP contribution >= 0.6 is 0 Å². The quantitative estimate of drug-likeness (QED) is 0.592. The molecular weight excluding hydrogens is 350 g/mol. The number of furan rings is 1. The Morgan fingerprint density at radius 3 is 2.50 bits per heavy atom. The average Bonchev–Trinajstić information content (AvgIpc) is 3.48. The molecule has 1 atom stereocenters. The number of amides is 1. The third-order valence-electron chi connectivity index (χ3n) is 5.20. The number of nitrogens with one attached hydrogen (secondary N) is 1. The van der Waals surface area contributed by atoms with Gasteiger partial charge >= 0.3 is 0 Å². The van der Waals surface area contributed by atoms with Gasteiger partial charge < -0.3 is 14.5 Å². The van der Waals surface area contributed by atoms with Gasteiger partial charge in [-0.15, -0.1) is 0 Å². The SMILES string of the molecule is COc1ccc([C@@H](NC(=O)CCc2ccc(-c3ccccc3)o2)C2CC2)cc1. The Balaban J connectivity index is 1.35. The average molecular weight is 375 g/mol. The van der Waals surface area contributed by atoms with Crippen molar-refractivity contribution in [3.63, 3.8) is 0 Å². The maximum absolute atomic E-state index is 12.6. The summed E-state index contributed by atoms with van der Waals surface area (Å²) < 4.78 is 11.1. The van der Waals surface area contributed by atoms with Crippen LogP contribution in [0.2, 0.25) is 0 Å². The van der Waals surface area contributed by atoms with E-state index in [0.29, 0.717) is 18.8 Å². The summed E-state index contributed by atoms with van der Waals surface area (Å²) in [5, 5.41) is 3.22. The zero-order chi connectivity index (χ0) is 19.3. The summed E-state index contributed by atoms with van der Waals surface area (Å²) >= 11 is 0. The van der Waals surface area contributed by atoms with Crippen LogP contribution in [0, 0.1) is 5.92 Å². The van der Waals surface area contributed by atoms with E-state index in [9.17, 15) is 4.79 Å². The summed E-state index contributed by atoms with van der Waals surface area (Å²) in [6.45, 7) is 0. The standard InChI is InChI=1S/C24H25NO3/c1-27-20-11-9-19(10-12-20)24(18-7-8-18)25-23(26)16-14-21-13-15-22(28-21)17-5-3-2-4-6-17/h2-6,9-13,15,18,24H,7-8,14,16H2,1H3,(H,25,26)/t24-/m0/s1. The minimum absolute atomic E-state index is 0.0605. The van der Waals surface area contributed by atoms with Crippen molar-refractivity contribution in [2.24, 2.45) is 5.92 Å². The fourth-order valence-electron chi connectivity index (χ4n) is 3.47. The number of hydrogen-bond donors (Lipinski definition) is 1. The van der Waals surface area contributed by atoms with Crippen molar-refractivity contribution < 1.29 is 13.9 Å². The number of aryl methyl sites for hydroxylation is 1. The lowest BCUT2D eigenvalue weighted by Crippen LogP contribution is -2.30. The molecule has 0 spiro atoms. The molecule has 0 saturated heterocycles. The Labute approximate surface area is 165 Å². The summed E-state index contributed by atoms with van der Waals surface area (Å²) in [6, 6.07) is 22.0. The van der Waals surface area contributed by atoms with Gasteiger partial charge in [-0.2, -0.15) is 0 Å². The number of methoxy groups -OCH3 is 1. The van der Waals surface area contributed by atoms with Crippen LogP contribution in [-0.2, 0) is 11.2 Å². The van der Waals surface area contributed by atoms with Gasteiger partial charge in [-0.25, -0.2) is 0 Å². The lowest BCUT2D eigenvalue weighted by atomic mass is 10.0. The van der Waals surface area contributed by atoms with E-state index in [2.05, 4.69) is 5.32 Å². The van der Waals surface area contributed by atoms with Crippen molar-refractivity contribution in [2.45, 2.75) is 31.7 Å². The predicted octanol–water partition coefficient (Wildman–Crippen LogP) is 5.16. The minimum Gasteiger partial charge on any atom is -0.497 e. The molecule has 1 aliphatic rings. The Morgan fingerprint density at radius 2 is 1.82 bits per heavy atom. The summed E-state index contributed by atoms with van der Waals surface area (Å²) in [4.78, 5) is 12.6. The zero-order valence-corrected chi connectivity index (χ0v) is 16.1. The molecule has 4 rings (SSSR count). The molecule has 1 fully saturated rings. The van der Waals surface area contributed by atoms with Crippen LogP contribution in [0.5, 0.6) is 5.75 Å². The summed E-state index contributed by atoms with van der Waals surface area (Å²) in [6.07, 6.45) is 3.34. The van der Waals surface area contributed by atoms with E-state index in [0.717, 1.165) is 41.2 Å². The second kappa shape index (κ2) is 8.34. The maximum Gasteiger partial charge on any atom is 0.220 e. The number of ether oxygens (including phenoxy) is 1. The van der Waals surface area contributed by atoms with E-state index in [4.69, 9.17) is 9.15 Å². The molecule has 1 saturated carbocycles. The van der Waals surface area contributed by atoms with Gasteiger partial charge in [0.15, 0.2) is 0 Å². The summed E-state index contributed by atoms with van der Waals surface area (Å²) in [5.41, 5.74) is 2.19. The van der Waals surface area contributed by atoms with Gasteiger partial charge in [-0.3, -0.25) is 4.79 Å². The first-order valence-corrected chi connectivity index (χ1v) is 9.80. The molecule has 144 valence electrons. The lowest BCUT2D eigenvalue weighted by Gasteiger charge is -2.19. The maximum atomic E-state index is 12.6. The van der Waals surface area contributed by atoms with E-state index in [1.165, 1.54) is 0 Å². The van der Waals surface area contributed by atoms with E-state index >= 15 is 0 Å². The van der Waals surface area contributed by atoms with E-state index in [1.54, 1.807) is 7.11 Å². The van der Waals surface area contributed by atoms with E-state index in [-0.39, 0.29) is 11.9 Å². The molecule has 1 N–H and O–H groups in total. The van der Waals surface area contributed by atoms with Gasteiger partial charge in [0.25, 0.3) is 0 Å². The third kappa shape index (κ3) is 4.45. The highest BCUT2D eigenvalue weighted by Crippen LogP contribution is 2.41. The fourth-order valence-corrected chi connectivity index (χ4v) is 3.47. The van der Waals surface area contributed by atoms with Crippen molar-refractivity contribution in [1.82, 2.24) is 5.32 Å². The monoisotopic (exact) mass is 375 g/mol. The van der Waals surface area contributed by atoms with Gasteiger partial charge in [0.05, 0.1) is 13.2 Å².